The van der Waals surface area contributed by atoms with Crippen LogP contribution in [0.2, 0.25) is 0 Å². The van der Waals surface area contributed by atoms with Crippen LogP contribution in [0, 0.1) is 0 Å². The third-order valence-electron chi connectivity index (χ3n) is 3.46. The summed E-state index contributed by atoms with van der Waals surface area (Å²) in [6.07, 6.45) is -4.46. The second-order valence-corrected chi connectivity index (χ2v) is 6.22. The van der Waals surface area contributed by atoms with Gasteiger partial charge in [-0.25, -0.2) is 4.98 Å². The van der Waals surface area contributed by atoms with Crippen LogP contribution in [0.25, 0.3) is 11.2 Å². The Morgan fingerprint density at radius 2 is 2.04 bits per heavy atom. The number of aromatic amines is 1. The summed E-state index contributed by atoms with van der Waals surface area (Å²) < 4.78 is 21.0. The molecule has 2 aromatic rings. The number of hydrogen-bond donors (Lipinski definition) is 4. The van der Waals surface area contributed by atoms with Crippen molar-refractivity contribution in [3.05, 3.63) is 16.7 Å². The number of anilines is 1. The van der Waals surface area contributed by atoms with Gasteiger partial charge in [0.05, 0.1) is 20.8 Å². The van der Waals surface area contributed by atoms with Gasteiger partial charge in [0.15, 0.2) is 17.4 Å². The van der Waals surface area contributed by atoms with Gasteiger partial charge in [-0.05, 0) is 0 Å². The van der Waals surface area contributed by atoms with Crippen molar-refractivity contribution >= 4 is 24.9 Å². The number of nitrogens with two attached hydrogens (primary N) is 1. The van der Waals surface area contributed by atoms with Crippen molar-refractivity contribution in [1.29, 1.82) is 0 Å². The Bertz CT molecular complexity index is 871. The van der Waals surface area contributed by atoms with Crippen LogP contribution in [0.5, 0.6) is 0 Å². The van der Waals surface area contributed by atoms with E-state index >= 15 is 0 Å². The Morgan fingerprint density at radius 3 is 2.65 bits per heavy atom. The summed E-state index contributed by atoms with van der Waals surface area (Å²) in [6, 6.07) is 0. The Morgan fingerprint density at radius 1 is 1.38 bits per heavy atom. The van der Waals surface area contributed by atoms with Gasteiger partial charge < -0.3 is 39.6 Å². The molecule has 2 aromatic heterocycles. The number of aromatic nitrogens is 4. The molecule has 13 nitrogen and oxygen atoms in total. The quantitative estimate of drug-likeness (QED) is 0.276. The van der Waals surface area contributed by atoms with Crippen molar-refractivity contribution in [2.24, 2.45) is 0 Å². The number of rotatable bonds is 4. The number of nitrogens with zero attached hydrogens (tertiary/aromatic N) is 3. The molecule has 5 N–H and O–H groups in total. The molecule has 0 spiro atoms. The fourth-order valence-corrected chi connectivity index (χ4v) is 2.72. The van der Waals surface area contributed by atoms with Crippen LogP contribution < -0.4 is 80.2 Å². The van der Waals surface area contributed by atoms with E-state index in [1.807, 2.05) is 0 Å². The number of imidazole rings is 1. The monoisotopic (exact) mass is 407 g/mol. The van der Waals surface area contributed by atoms with Gasteiger partial charge >= 0.3 is 59.1 Å². The summed E-state index contributed by atoms with van der Waals surface area (Å²) in [5.41, 5.74) is 4.77. The predicted octanol–water partition coefficient (Wildman–Crippen LogP) is -9.83. The first-order valence-corrected chi connectivity index (χ1v) is 8.04. The van der Waals surface area contributed by atoms with Crippen molar-refractivity contribution in [3.8, 4) is 0 Å². The molecule has 0 amide bonds. The normalized spacial score (nSPS) is 25.7. The SMILES string of the molecule is Nc1nc2c(ncn2[C@@H]2O[C@H](COP(=O)([O-])[O-])[C@H](O)C2O)c(=O)[nH]1.[Na+].[Na+]. The maximum atomic E-state index is 11.7. The second kappa shape index (κ2) is 9.09. The van der Waals surface area contributed by atoms with Gasteiger partial charge in [0, 0.05) is 0 Å². The summed E-state index contributed by atoms with van der Waals surface area (Å²) in [5, 5.41) is 20.0. The minimum atomic E-state index is -5.26. The standard InChI is InChI=1S/C10H14N5O8P.2Na/c11-10-13-7-4(8(18)14-10)12-2-15(7)9-6(17)5(16)3(23-9)1-22-24(19,20)21;;/h2-3,5-6,9,16-17H,1H2,(H2,19,20,21)(H3,11,13,14,18);;/q;2*+1/p-2/t3-,5+,6?,9-;;/m1../s1. The van der Waals surface area contributed by atoms with E-state index in [0.717, 1.165) is 10.9 Å². The number of hydrogen-bond acceptors (Lipinski definition) is 11. The summed E-state index contributed by atoms with van der Waals surface area (Å²) >= 11 is 0. The van der Waals surface area contributed by atoms with E-state index in [-0.39, 0.29) is 76.2 Å². The molecule has 1 saturated heterocycles. The van der Waals surface area contributed by atoms with E-state index in [1.54, 1.807) is 0 Å². The van der Waals surface area contributed by atoms with E-state index < -0.39 is 44.5 Å². The van der Waals surface area contributed by atoms with Crippen molar-refractivity contribution in [2.45, 2.75) is 24.5 Å². The summed E-state index contributed by atoms with van der Waals surface area (Å²) in [7, 11) is -5.26. The maximum Gasteiger partial charge on any atom is 1.00 e. The molecule has 1 fully saturated rings. The molecular weight excluding hydrogens is 395 g/mol. The predicted molar refractivity (Wildman–Crippen MR) is 72.0 cm³/mol. The van der Waals surface area contributed by atoms with Gasteiger partial charge in [-0.3, -0.25) is 14.3 Å². The van der Waals surface area contributed by atoms with E-state index in [0.29, 0.717) is 0 Å². The molecule has 0 bridgehead atoms. The molecule has 0 aliphatic carbocycles. The fraction of sp³-hybridized carbons (Fsp3) is 0.500. The molecule has 3 heterocycles. The number of phosphoric acid groups is 1. The molecule has 1 aliphatic heterocycles. The summed E-state index contributed by atoms with van der Waals surface area (Å²) in [6.45, 7) is -0.776. The number of aliphatic hydroxyl groups is 2. The Kier molecular flexibility index (Phi) is 8.46. The zero-order valence-corrected chi connectivity index (χ0v) is 18.7. The second-order valence-electron chi connectivity index (χ2n) is 5.06. The zero-order valence-electron chi connectivity index (χ0n) is 13.8. The number of nitrogens with one attached hydrogen (secondary N) is 1. The van der Waals surface area contributed by atoms with Gasteiger partial charge in [-0.15, -0.1) is 0 Å². The number of nitrogen functional groups attached to an aromatic ring is 1. The van der Waals surface area contributed by atoms with Crippen LogP contribution in [-0.4, -0.2) is 54.7 Å². The van der Waals surface area contributed by atoms with E-state index in [4.69, 9.17) is 10.5 Å². The fourth-order valence-electron chi connectivity index (χ4n) is 2.39. The molecule has 1 aliphatic rings. The first-order valence-electron chi connectivity index (χ1n) is 6.58. The molecule has 132 valence electrons. The molecule has 0 aromatic carbocycles. The van der Waals surface area contributed by atoms with Crippen LogP contribution in [0.3, 0.4) is 0 Å². The average Bonchev–Trinajstić information content (AvgIpc) is 3.00. The van der Waals surface area contributed by atoms with Gasteiger partial charge in [0.25, 0.3) is 5.56 Å². The van der Waals surface area contributed by atoms with E-state index in [2.05, 4.69) is 19.5 Å². The molecule has 0 radical (unpaired) electrons. The Balaban J connectivity index is 0.00000169. The number of aliphatic hydroxyl groups excluding tert-OH is 2. The average molecular weight is 407 g/mol. The molecule has 1 unspecified atom stereocenters. The number of phosphoric ester groups is 1. The summed E-state index contributed by atoms with van der Waals surface area (Å²) in [5.74, 6) is -0.194. The van der Waals surface area contributed by atoms with E-state index in [1.165, 1.54) is 0 Å². The Labute approximate surface area is 189 Å². The first kappa shape index (κ1) is 24.2. The minimum Gasteiger partial charge on any atom is -0.790 e. The number of H-pyrrole nitrogens is 1. The first-order chi connectivity index (χ1) is 11.2. The minimum absolute atomic E-state index is 0. The van der Waals surface area contributed by atoms with Crippen molar-refractivity contribution in [1.82, 2.24) is 19.5 Å². The van der Waals surface area contributed by atoms with Crippen LogP contribution in [0.15, 0.2) is 11.1 Å². The van der Waals surface area contributed by atoms with Gasteiger partial charge in [0.1, 0.15) is 18.3 Å². The molecule has 3 rings (SSSR count). The molecule has 26 heavy (non-hydrogen) atoms. The van der Waals surface area contributed by atoms with Crippen molar-refractivity contribution < 1.29 is 92.9 Å². The van der Waals surface area contributed by atoms with Crippen LogP contribution in [0.1, 0.15) is 6.23 Å². The Hall–Kier alpha value is 0.140. The number of fused-ring (bicyclic) bond motifs is 1. The molecular formula is C10H12N5Na2O8P. The smallest absolute Gasteiger partial charge is 0.790 e. The van der Waals surface area contributed by atoms with Gasteiger partial charge in [-0.1, -0.05) is 0 Å². The third-order valence-corrected chi connectivity index (χ3v) is 3.92. The van der Waals surface area contributed by atoms with Crippen LogP contribution in [-0.2, 0) is 13.8 Å². The van der Waals surface area contributed by atoms with Crippen molar-refractivity contribution in [3.63, 3.8) is 0 Å². The largest absolute Gasteiger partial charge is 1.00 e. The van der Waals surface area contributed by atoms with Crippen molar-refractivity contribution in [2.75, 3.05) is 12.3 Å². The number of ether oxygens (including phenoxy) is 1. The maximum absolute atomic E-state index is 11.7. The van der Waals surface area contributed by atoms with E-state index in [9.17, 15) is 29.4 Å². The molecule has 4 atom stereocenters. The van der Waals surface area contributed by atoms with Gasteiger partial charge in [-0.2, -0.15) is 4.98 Å². The molecule has 16 heteroatoms. The van der Waals surface area contributed by atoms with Gasteiger partial charge in [0.2, 0.25) is 5.95 Å². The topological polar surface area (TPSA) is 212 Å². The summed E-state index contributed by atoms with van der Waals surface area (Å²) in [4.78, 5) is 42.7. The molecule has 0 saturated carbocycles. The zero-order chi connectivity index (χ0) is 17.6. The van der Waals surface area contributed by atoms with Crippen LogP contribution in [0.4, 0.5) is 5.95 Å². The van der Waals surface area contributed by atoms with Crippen LogP contribution >= 0.6 is 7.82 Å². The third kappa shape index (κ3) is 4.94.